The van der Waals surface area contributed by atoms with Crippen molar-refractivity contribution in [3.05, 3.63) is 33.8 Å². The molecule has 0 unspecified atom stereocenters. The second-order valence-corrected chi connectivity index (χ2v) is 7.14. The van der Waals surface area contributed by atoms with Gasteiger partial charge in [-0.15, -0.1) is 11.3 Å². The number of thiophene rings is 1. The number of aromatic nitrogens is 2. The summed E-state index contributed by atoms with van der Waals surface area (Å²) < 4.78 is 28.5. The fraction of sp³-hybridized carbons (Fsp3) is 0.364. The van der Waals surface area contributed by atoms with E-state index in [2.05, 4.69) is 9.82 Å². The minimum Gasteiger partial charge on any atom is -0.391 e. The Bertz CT molecular complexity index is 673. The van der Waals surface area contributed by atoms with Gasteiger partial charge < -0.3 is 5.11 Å². The standard InChI is InChI=1S/C11H15N3O3S2/c1-8-11(5-10(7-15)18-8)19(16,17)13-6-9-3-4-12-14(9)2/h3-5,13,15H,6-7H2,1-2H3. The van der Waals surface area contributed by atoms with E-state index in [0.717, 1.165) is 5.69 Å². The molecule has 0 aliphatic heterocycles. The molecule has 0 saturated carbocycles. The number of nitrogens with one attached hydrogen (secondary N) is 1. The lowest BCUT2D eigenvalue weighted by Crippen LogP contribution is -2.24. The van der Waals surface area contributed by atoms with Crippen LogP contribution in [0.5, 0.6) is 0 Å². The van der Waals surface area contributed by atoms with E-state index < -0.39 is 10.0 Å². The summed E-state index contributed by atoms with van der Waals surface area (Å²) in [6.45, 7) is 1.76. The van der Waals surface area contributed by atoms with Gasteiger partial charge in [-0.05, 0) is 19.1 Å². The lowest BCUT2D eigenvalue weighted by molar-refractivity contribution is 0.285. The maximum absolute atomic E-state index is 12.2. The summed E-state index contributed by atoms with van der Waals surface area (Å²) in [4.78, 5) is 1.53. The zero-order chi connectivity index (χ0) is 14.0. The summed E-state index contributed by atoms with van der Waals surface area (Å²) in [7, 11) is -1.81. The molecule has 0 amide bonds. The number of nitrogens with zero attached hydrogens (tertiary/aromatic N) is 2. The van der Waals surface area contributed by atoms with Gasteiger partial charge in [-0.3, -0.25) is 4.68 Å². The van der Waals surface area contributed by atoms with E-state index in [4.69, 9.17) is 5.11 Å². The van der Waals surface area contributed by atoms with Crippen molar-refractivity contribution in [1.29, 1.82) is 0 Å². The second-order valence-electron chi connectivity index (χ2n) is 4.06. The Balaban J connectivity index is 2.18. The molecule has 2 rings (SSSR count). The van der Waals surface area contributed by atoms with E-state index in [1.54, 1.807) is 30.9 Å². The third-order valence-electron chi connectivity index (χ3n) is 2.73. The zero-order valence-electron chi connectivity index (χ0n) is 10.6. The highest BCUT2D eigenvalue weighted by atomic mass is 32.2. The van der Waals surface area contributed by atoms with Crippen molar-refractivity contribution < 1.29 is 13.5 Å². The first-order chi connectivity index (χ1) is 8.94. The molecule has 0 fully saturated rings. The van der Waals surface area contributed by atoms with E-state index >= 15 is 0 Å². The normalized spacial score (nSPS) is 11.9. The Labute approximate surface area is 115 Å². The Morgan fingerprint density at radius 3 is 2.79 bits per heavy atom. The van der Waals surface area contributed by atoms with Crippen molar-refractivity contribution in [3.8, 4) is 0 Å². The molecule has 6 nitrogen and oxygen atoms in total. The number of aryl methyl sites for hydroxylation is 2. The maximum Gasteiger partial charge on any atom is 0.242 e. The fourth-order valence-corrected chi connectivity index (χ4v) is 4.18. The molecule has 0 aromatic carbocycles. The summed E-state index contributed by atoms with van der Waals surface area (Å²) in [5, 5.41) is 13.0. The first kappa shape index (κ1) is 14.2. The molecule has 0 aliphatic carbocycles. The zero-order valence-corrected chi connectivity index (χ0v) is 12.3. The van der Waals surface area contributed by atoms with Crippen molar-refractivity contribution in [2.45, 2.75) is 25.0 Å². The van der Waals surface area contributed by atoms with Crippen LogP contribution in [0.25, 0.3) is 0 Å². The van der Waals surface area contributed by atoms with E-state index in [-0.39, 0.29) is 18.0 Å². The molecule has 2 aromatic rings. The highest BCUT2D eigenvalue weighted by Crippen LogP contribution is 2.25. The predicted octanol–water partition coefficient (Wildman–Crippen LogP) is 0.761. The highest BCUT2D eigenvalue weighted by Gasteiger charge is 2.19. The van der Waals surface area contributed by atoms with Gasteiger partial charge in [0.2, 0.25) is 10.0 Å². The molecule has 19 heavy (non-hydrogen) atoms. The predicted molar refractivity (Wildman–Crippen MR) is 72.2 cm³/mol. The van der Waals surface area contributed by atoms with Crippen LogP contribution in [-0.2, 0) is 30.2 Å². The van der Waals surface area contributed by atoms with Crippen LogP contribution in [0.2, 0.25) is 0 Å². The van der Waals surface area contributed by atoms with Crippen molar-refractivity contribution in [2.75, 3.05) is 0 Å². The Kier molecular flexibility index (Phi) is 4.04. The Morgan fingerprint density at radius 1 is 1.53 bits per heavy atom. The maximum atomic E-state index is 12.2. The number of hydrogen-bond donors (Lipinski definition) is 2. The Morgan fingerprint density at radius 2 is 2.26 bits per heavy atom. The van der Waals surface area contributed by atoms with Crippen LogP contribution >= 0.6 is 11.3 Å². The van der Waals surface area contributed by atoms with Gasteiger partial charge in [0, 0.05) is 23.0 Å². The van der Waals surface area contributed by atoms with Crippen LogP contribution in [-0.4, -0.2) is 23.3 Å². The summed E-state index contributed by atoms with van der Waals surface area (Å²) >= 11 is 1.28. The molecule has 2 aromatic heterocycles. The quantitative estimate of drug-likeness (QED) is 0.854. The number of hydrogen-bond acceptors (Lipinski definition) is 5. The first-order valence-corrected chi connectivity index (χ1v) is 7.90. The second kappa shape index (κ2) is 5.41. The van der Waals surface area contributed by atoms with Crippen molar-refractivity contribution in [1.82, 2.24) is 14.5 Å². The number of sulfonamides is 1. The molecular formula is C11H15N3O3S2. The first-order valence-electron chi connectivity index (χ1n) is 5.61. The molecule has 0 aliphatic rings. The molecule has 2 N–H and O–H groups in total. The highest BCUT2D eigenvalue weighted by molar-refractivity contribution is 7.89. The molecule has 8 heteroatoms. The van der Waals surface area contributed by atoms with Crippen LogP contribution < -0.4 is 4.72 Å². The Hall–Kier alpha value is -1.22. The van der Waals surface area contributed by atoms with E-state index in [1.807, 2.05) is 0 Å². The van der Waals surface area contributed by atoms with Crippen LogP contribution in [0, 0.1) is 6.92 Å². The number of aliphatic hydroxyl groups excluding tert-OH is 1. The summed E-state index contributed by atoms with van der Waals surface area (Å²) in [6.07, 6.45) is 1.61. The molecule has 0 radical (unpaired) electrons. The largest absolute Gasteiger partial charge is 0.391 e. The summed E-state index contributed by atoms with van der Waals surface area (Å²) in [5.74, 6) is 0. The van der Waals surface area contributed by atoms with Gasteiger partial charge in [0.05, 0.1) is 23.7 Å². The van der Waals surface area contributed by atoms with Gasteiger partial charge in [0.15, 0.2) is 0 Å². The van der Waals surface area contributed by atoms with Crippen molar-refractivity contribution in [2.24, 2.45) is 7.05 Å². The number of rotatable bonds is 5. The van der Waals surface area contributed by atoms with Gasteiger partial charge in [-0.1, -0.05) is 0 Å². The van der Waals surface area contributed by atoms with Crippen molar-refractivity contribution >= 4 is 21.4 Å². The van der Waals surface area contributed by atoms with Gasteiger partial charge in [0.1, 0.15) is 0 Å². The van der Waals surface area contributed by atoms with Gasteiger partial charge in [-0.2, -0.15) is 5.10 Å². The third-order valence-corrected chi connectivity index (χ3v) is 5.43. The number of aliphatic hydroxyl groups is 1. The molecule has 0 saturated heterocycles. The molecule has 0 bridgehead atoms. The fourth-order valence-electron chi connectivity index (χ4n) is 1.69. The third kappa shape index (κ3) is 3.03. The smallest absolute Gasteiger partial charge is 0.242 e. The molecule has 104 valence electrons. The van der Waals surface area contributed by atoms with E-state index in [9.17, 15) is 8.42 Å². The lowest BCUT2D eigenvalue weighted by atomic mass is 10.4. The van der Waals surface area contributed by atoms with Gasteiger partial charge in [0.25, 0.3) is 0 Å². The van der Waals surface area contributed by atoms with Crippen LogP contribution in [0.1, 0.15) is 15.4 Å². The lowest BCUT2D eigenvalue weighted by Gasteiger charge is -2.06. The summed E-state index contributed by atoms with van der Waals surface area (Å²) in [5.41, 5.74) is 0.777. The van der Waals surface area contributed by atoms with Crippen LogP contribution in [0.4, 0.5) is 0 Å². The van der Waals surface area contributed by atoms with Crippen molar-refractivity contribution in [3.63, 3.8) is 0 Å². The SMILES string of the molecule is Cc1sc(CO)cc1S(=O)(=O)NCc1ccnn1C. The average Bonchev–Trinajstić information content (AvgIpc) is 2.93. The summed E-state index contributed by atoms with van der Waals surface area (Å²) in [6, 6.07) is 3.26. The monoisotopic (exact) mass is 301 g/mol. The molecule has 0 atom stereocenters. The van der Waals surface area contributed by atoms with E-state index in [1.165, 1.54) is 17.4 Å². The minimum absolute atomic E-state index is 0.150. The minimum atomic E-state index is -3.56. The average molecular weight is 301 g/mol. The van der Waals surface area contributed by atoms with Gasteiger partial charge in [-0.25, -0.2) is 13.1 Å². The van der Waals surface area contributed by atoms with Crippen LogP contribution in [0.3, 0.4) is 0 Å². The van der Waals surface area contributed by atoms with E-state index in [0.29, 0.717) is 9.75 Å². The van der Waals surface area contributed by atoms with Gasteiger partial charge >= 0.3 is 0 Å². The molecule has 2 heterocycles. The molecular weight excluding hydrogens is 286 g/mol. The topological polar surface area (TPSA) is 84.2 Å². The molecule has 0 spiro atoms. The van der Waals surface area contributed by atoms with Crippen LogP contribution in [0.15, 0.2) is 23.2 Å².